The van der Waals surface area contributed by atoms with Crippen molar-refractivity contribution in [2.75, 3.05) is 0 Å². The van der Waals surface area contributed by atoms with E-state index in [0.717, 1.165) is 0 Å². The molecule has 88 valence electrons. The maximum absolute atomic E-state index is 11.6. The van der Waals surface area contributed by atoms with E-state index in [1.54, 1.807) is 6.92 Å². The Hall–Kier alpha value is -0.413. The Labute approximate surface area is 94.8 Å². The Balaban J connectivity index is 4.61. The smallest absolute Gasteiger partial charge is 0.193 e. The molecule has 3 heteroatoms. The highest BCUT2D eigenvalue weighted by atomic mass is 28.4. The minimum atomic E-state index is -1.84. The molecular weight excluding hydrogens is 204 g/mol. The van der Waals surface area contributed by atoms with Crippen LogP contribution in [0.4, 0.5) is 0 Å². The van der Waals surface area contributed by atoms with Crippen molar-refractivity contribution in [2.24, 2.45) is 0 Å². The summed E-state index contributed by atoms with van der Waals surface area (Å²) in [6.45, 7) is 18.0. The number of carbonyl (C=O) groups is 1. The summed E-state index contributed by atoms with van der Waals surface area (Å²) in [6, 6.07) is 0. The van der Waals surface area contributed by atoms with Crippen molar-refractivity contribution in [1.29, 1.82) is 0 Å². The molecule has 15 heavy (non-hydrogen) atoms. The molecule has 0 fully saturated rings. The Morgan fingerprint density at radius 1 is 1.33 bits per heavy atom. The van der Waals surface area contributed by atoms with E-state index < -0.39 is 8.32 Å². The van der Waals surface area contributed by atoms with Crippen molar-refractivity contribution in [1.82, 2.24) is 0 Å². The molecule has 0 bridgehead atoms. The molecule has 1 unspecified atom stereocenters. The first-order valence-electron chi connectivity index (χ1n) is 5.36. The summed E-state index contributed by atoms with van der Waals surface area (Å²) < 4.78 is 5.95. The van der Waals surface area contributed by atoms with Crippen LogP contribution in [0.5, 0.6) is 0 Å². The highest BCUT2D eigenvalue weighted by Gasteiger charge is 2.39. The number of ketones is 1. The van der Waals surface area contributed by atoms with E-state index in [1.807, 2.05) is 6.92 Å². The molecule has 0 aromatic rings. The highest BCUT2D eigenvalue weighted by molar-refractivity contribution is 6.74. The van der Waals surface area contributed by atoms with Crippen LogP contribution in [0.2, 0.25) is 18.1 Å². The topological polar surface area (TPSA) is 26.3 Å². The third kappa shape index (κ3) is 3.91. The van der Waals surface area contributed by atoms with Crippen LogP contribution in [-0.4, -0.2) is 20.2 Å². The van der Waals surface area contributed by atoms with Gasteiger partial charge in [-0.05, 0) is 37.6 Å². The Morgan fingerprint density at radius 2 is 1.73 bits per heavy atom. The van der Waals surface area contributed by atoms with Gasteiger partial charge in [0, 0.05) is 0 Å². The lowest BCUT2D eigenvalue weighted by Crippen LogP contribution is -2.45. The SMILES string of the molecule is C=C(C)C(=O)C(C)O[Si](C)(C)C(C)(C)C. The summed E-state index contributed by atoms with van der Waals surface area (Å²) >= 11 is 0. The molecule has 0 saturated carbocycles. The van der Waals surface area contributed by atoms with E-state index in [1.165, 1.54) is 0 Å². The van der Waals surface area contributed by atoms with Crippen molar-refractivity contribution in [3.63, 3.8) is 0 Å². The van der Waals surface area contributed by atoms with Gasteiger partial charge in [0.15, 0.2) is 14.1 Å². The normalized spacial score (nSPS) is 14.9. The summed E-state index contributed by atoms with van der Waals surface area (Å²) in [6.07, 6.45) is -0.358. The second-order valence-corrected chi connectivity index (χ2v) is 10.4. The van der Waals surface area contributed by atoms with Gasteiger partial charge < -0.3 is 4.43 Å². The zero-order valence-electron chi connectivity index (χ0n) is 11.1. The molecule has 2 nitrogen and oxygen atoms in total. The quantitative estimate of drug-likeness (QED) is 0.543. The summed E-state index contributed by atoms with van der Waals surface area (Å²) in [5.41, 5.74) is 0.571. The van der Waals surface area contributed by atoms with Crippen LogP contribution in [0.3, 0.4) is 0 Å². The average Bonchev–Trinajstić information content (AvgIpc) is 1.99. The van der Waals surface area contributed by atoms with Crippen LogP contribution >= 0.6 is 0 Å². The third-order valence-electron chi connectivity index (χ3n) is 3.07. The number of hydrogen-bond acceptors (Lipinski definition) is 2. The van der Waals surface area contributed by atoms with Crippen molar-refractivity contribution in [3.8, 4) is 0 Å². The van der Waals surface area contributed by atoms with Gasteiger partial charge >= 0.3 is 0 Å². The van der Waals surface area contributed by atoms with Gasteiger partial charge in [-0.25, -0.2) is 0 Å². The fourth-order valence-electron chi connectivity index (χ4n) is 1.02. The van der Waals surface area contributed by atoms with Crippen molar-refractivity contribution >= 4 is 14.1 Å². The van der Waals surface area contributed by atoms with E-state index >= 15 is 0 Å². The van der Waals surface area contributed by atoms with Crippen LogP contribution in [0.25, 0.3) is 0 Å². The monoisotopic (exact) mass is 228 g/mol. The third-order valence-corrected chi connectivity index (χ3v) is 7.62. The van der Waals surface area contributed by atoms with Crippen molar-refractivity contribution in [2.45, 2.75) is 58.9 Å². The first-order chi connectivity index (χ1) is 6.49. The average molecular weight is 228 g/mol. The van der Waals surface area contributed by atoms with Crippen LogP contribution in [-0.2, 0) is 9.22 Å². The van der Waals surface area contributed by atoms with Gasteiger partial charge in [-0.1, -0.05) is 27.4 Å². The first-order valence-corrected chi connectivity index (χ1v) is 8.27. The second kappa shape index (κ2) is 4.62. The summed E-state index contributed by atoms with van der Waals surface area (Å²) in [4.78, 5) is 11.6. The zero-order valence-corrected chi connectivity index (χ0v) is 12.1. The largest absolute Gasteiger partial charge is 0.407 e. The molecule has 0 saturated heterocycles. The molecule has 0 rings (SSSR count). The minimum absolute atomic E-state index is 0.0137. The molecule has 0 heterocycles. The molecule has 0 aliphatic carbocycles. The lowest BCUT2D eigenvalue weighted by atomic mass is 10.1. The van der Waals surface area contributed by atoms with E-state index in [0.29, 0.717) is 5.57 Å². The maximum atomic E-state index is 11.6. The van der Waals surface area contributed by atoms with E-state index in [-0.39, 0.29) is 16.9 Å². The molecule has 0 aromatic heterocycles. The number of Topliss-reactive ketones (excluding diaryl/α,β-unsaturated/α-hetero) is 1. The van der Waals surface area contributed by atoms with Crippen LogP contribution < -0.4 is 0 Å². The van der Waals surface area contributed by atoms with Crippen LogP contribution in [0, 0.1) is 0 Å². The van der Waals surface area contributed by atoms with E-state index in [2.05, 4.69) is 40.4 Å². The van der Waals surface area contributed by atoms with Crippen LogP contribution in [0.15, 0.2) is 12.2 Å². The fraction of sp³-hybridized carbons (Fsp3) is 0.750. The predicted octanol–water partition coefficient (Wildman–Crippen LogP) is 3.54. The Bertz CT molecular complexity index is 261. The Kier molecular flexibility index (Phi) is 4.49. The van der Waals surface area contributed by atoms with E-state index in [4.69, 9.17) is 4.43 Å². The maximum Gasteiger partial charge on any atom is 0.193 e. The predicted molar refractivity (Wildman–Crippen MR) is 67.6 cm³/mol. The van der Waals surface area contributed by atoms with Gasteiger partial charge in [-0.2, -0.15) is 0 Å². The molecule has 0 aromatic carbocycles. The van der Waals surface area contributed by atoms with Gasteiger partial charge in [-0.15, -0.1) is 0 Å². The second-order valence-electron chi connectivity index (χ2n) is 5.66. The molecular formula is C12H24O2Si. The molecule has 0 N–H and O–H groups in total. The number of hydrogen-bond donors (Lipinski definition) is 0. The van der Waals surface area contributed by atoms with E-state index in [9.17, 15) is 4.79 Å². The minimum Gasteiger partial charge on any atom is -0.407 e. The van der Waals surface area contributed by atoms with Gasteiger partial charge in [0.25, 0.3) is 0 Å². The molecule has 0 radical (unpaired) electrons. The number of rotatable bonds is 4. The van der Waals surface area contributed by atoms with Crippen molar-refractivity contribution in [3.05, 3.63) is 12.2 Å². The summed E-state index contributed by atoms with van der Waals surface area (Å²) in [5.74, 6) is 0.0137. The molecule has 0 aliphatic rings. The summed E-state index contributed by atoms with van der Waals surface area (Å²) in [7, 11) is -1.84. The standard InChI is InChI=1S/C12H24O2Si/c1-9(2)11(13)10(3)14-15(7,8)12(4,5)6/h10H,1H2,2-8H3. The van der Waals surface area contributed by atoms with Gasteiger partial charge in [0.2, 0.25) is 0 Å². The van der Waals surface area contributed by atoms with Gasteiger partial charge in [0.05, 0.1) is 0 Å². The lowest BCUT2D eigenvalue weighted by molar-refractivity contribution is -0.121. The number of carbonyl (C=O) groups excluding carboxylic acids is 1. The highest BCUT2D eigenvalue weighted by Crippen LogP contribution is 2.37. The first kappa shape index (κ1) is 14.6. The molecule has 1 atom stereocenters. The molecule has 0 aliphatic heterocycles. The fourth-order valence-corrected chi connectivity index (χ4v) is 2.36. The Morgan fingerprint density at radius 3 is 2.00 bits per heavy atom. The van der Waals surface area contributed by atoms with Gasteiger partial charge in [-0.3, -0.25) is 4.79 Å². The van der Waals surface area contributed by atoms with Crippen molar-refractivity contribution < 1.29 is 9.22 Å². The molecule has 0 spiro atoms. The lowest BCUT2D eigenvalue weighted by Gasteiger charge is -2.38. The zero-order chi connectivity index (χ0) is 12.4. The van der Waals surface area contributed by atoms with Crippen LogP contribution in [0.1, 0.15) is 34.6 Å². The molecule has 0 amide bonds. The van der Waals surface area contributed by atoms with Gasteiger partial charge in [0.1, 0.15) is 6.10 Å². The summed E-state index contributed by atoms with van der Waals surface area (Å²) in [5, 5.41) is 0.136.